The van der Waals surface area contributed by atoms with Crippen molar-refractivity contribution in [3.8, 4) is 0 Å². The quantitative estimate of drug-likeness (QED) is 0.452. The molecule has 0 saturated heterocycles. The summed E-state index contributed by atoms with van der Waals surface area (Å²) in [7, 11) is 0. The molecule has 1 aromatic rings. The Bertz CT molecular complexity index is 601. The topological polar surface area (TPSA) is 104 Å². The zero-order chi connectivity index (χ0) is 17.5. The van der Waals surface area contributed by atoms with E-state index in [0.29, 0.717) is 12.1 Å². The molecule has 5 N–H and O–H groups in total. The van der Waals surface area contributed by atoms with Gasteiger partial charge in [0.2, 0.25) is 0 Å². The van der Waals surface area contributed by atoms with Crippen molar-refractivity contribution in [3.63, 3.8) is 0 Å². The smallest absolute Gasteiger partial charge is 0.303 e. The van der Waals surface area contributed by atoms with E-state index >= 15 is 0 Å². The summed E-state index contributed by atoms with van der Waals surface area (Å²) < 4.78 is 14.3. The van der Waals surface area contributed by atoms with Crippen LogP contribution in [0.15, 0.2) is 12.1 Å². The summed E-state index contributed by atoms with van der Waals surface area (Å²) in [6, 6.07) is 2.83. The van der Waals surface area contributed by atoms with E-state index in [2.05, 4.69) is 10.6 Å². The van der Waals surface area contributed by atoms with E-state index in [1.807, 2.05) is 0 Å². The third kappa shape index (κ3) is 5.11. The highest BCUT2D eigenvalue weighted by Gasteiger charge is 2.18. The molecule has 0 spiro atoms. The molecule has 0 aliphatic heterocycles. The lowest BCUT2D eigenvalue weighted by molar-refractivity contribution is -0.137. The van der Waals surface area contributed by atoms with Crippen LogP contribution in [0.1, 0.15) is 55.3 Å². The van der Waals surface area contributed by atoms with Crippen LogP contribution in [-0.2, 0) is 4.79 Å². The Labute approximate surface area is 140 Å². The van der Waals surface area contributed by atoms with Gasteiger partial charge >= 0.3 is 5.97 Å². The number of benzene rings is 1. The molecule has 1 fully saturated rings. The van der Waals surface area contributed by atoms with E-state index in [1.165, 1.54) is 12.5 Å². The average Bonchev–Trinajstić information content (AvgIpc) is 2.55. The van der Waals surface area contributed by atoms with E-state index in [4.69, 9.17) is 10.8 Å². The van der Waals surface area contributed by atoms with Crippen molar-refractivity contribution in [1.82, 2.24) is 5.32 Å². The maximum Gasteiger partial charge on any atom is 0.303 e. The van der Waals surface area contributed by atoms with Gasteiger partial charge in [0.25, 0.3) is 5.91 Å². The number of hydrogen-bond acceptors (Lipinski definition) is 4. The standard InChI is InChI=1S/C17H24FN3O3/c18-13-9-12(17(24)20-8-4-7-16(22)23)14(19)10-15(13)21-11-5-2-1-3-6-11/h9-11,21H,1-8,19H2,(H,20,24)(H,22,23). The van der Waals surface area contributed by atoms with Crippen molar-refractivity contribution in [2.45, 2.75) is 51.0 Å². The van der Waals surface area contributed by atoms with Crippen molar-refractivity contribution in [1.29, 1.82) is 0 Å². The highest BCUT2D eigenvalue weighted by molar-refractivity contribution is 5.99. The lowest BCUT2D eigenvalue weighted by atomic mass is 9.95. The van der Waals surface area contributed by atoms with Crippen LogP contribution in [0.2, 0.25) is 0 Å². The fourth-order valence-electron chi connectivity index (χ4n) is 2.90. The van der Waals surface area contributed by atoms with Gasteiger partial charge in [-0.25, -0.2) is 4.39 Å². The van der Waals surface area contributed by atoms with E-state index in [-0.39, 0.29) is 30.3 Å². The molecule has 1 aliphatic rings. The Morgan fingerprint density at radius 2 is 1.96 bits per heavy atom. The number of nitrogen functional groups attached to an aromatic ring is 1. The van der Waals surface area contributed by atoms with E-state index in [9.17, 15) is 14.0 Å². The first-order valence-corrected chi connectivity index (χ1v) is 8.33. The number of amides is 1. The van der Waals surface area contributed by atoms with E-state index in [0.717, 1.165) is 31.7 Å². The zero-order valence-corrected chi connectivity index (χ0v) is 13.6. The predicted octanol–water partition coefficient (Wildman–Crippen LogP) is 2.75. The average molecular weight is 337 g/mol. The van der Waals surface area contributed by atoms with Crippen LogP contribution in [0.5, 0.6) is 0 Å². The summed E-state index contributed by atoms with van der Waals surface area (Å²) >= 11 is 0. The molecule has 0 bridgehead atoms. The molecule has 132 valence electrons. The van der Waals surface area contributed by atoms with Gasteiger partial charge in [-0.1, -0.05) is 19.3 Å². The lowest BCUT2D eigenvalue weighted by Crippen LogP contribution is -2.26. The summed E-state index contributed by atoms with van der Waals surface area (Å²) in [6.45, 7) is 0.203. The monoisotopic (exact) mass is 337 g/mol. The number of anilines is 2. The van der Waals surface area contributed by atoms with Gasteiger partial charge < -0.3 is 21.5 Å². The highest BCUT2D eigenvalue weighted by atomic mass is 19.1. The van der Waals surface area contributed by atoms with Gasteiger partial charge in [-0.2, -0.15) is 0 Å². The first-order valence-electron chi connectivity index (χ1n) is 8.33. The molecule has 1 aromatic carbocycles. The van der Waals surface area contributed by atoms with Crippen LogP contribution < -0.4 is 16.4 Å². The Balaban J connectivity index is 1.97. The number of hydrogen-bond donors (Lipinski definition) is 4. The first kappa shape index (κ1) is 18.0. The molecule has 1 amide bonds. The Morgan fingerprint density at radius 1 is 1.25 bits per heavy atom. The van der Waals surface area contributed by atoms with Crippen molar-refractivity contribution >= 4 is 23.3 Å². The van der Waals surface area contributed by atoms with E-state index in [1.54, 1.807) is 0 Å². The highest BCUT2D eigenvalue weighted by Crippen LogP contribution is 2.26. The molecule has 0 heterocycles. The number of halogens is 1. The van der Waals surface area contributed by atoms with Gasteiger partial charge in [0.15, 0.2) is 0 Å². The molecule has 2 rings (SSSR count). The maximum atomic E-state index is 14.3. The molecule has 0 radical (unpaired) electrons. The molecule has 6 nitrogen and oxygen atoms in total. The minimum Gasteiger partial charge on any atom is -0.481 e. The third-order valence-electron chi connectivity index (χ3n) is 4.20. The molecular weight excluding hydrogens is 313 g/mol. The van der Waals surface area contributed by atoms with Crippen LogP contribution in [0.3, 0.4) is 0 Å². The number of carbonyl (C=O) groups excluding carboxylic acids is 1. The second-order valence-electron chi connectivity index (χ2n) is 6.15. The summed E-state index contributed by atoms with van der Waals surface area (Å²) in [4.78, 5) is 22.5. The molecule has 24 heavy (non-hydrogen) atoms. The van der Waals surface area contributed by atoms with Crippen LogP contribution >= 0.6 is 0 Å². The Kier molecular flexibility index (Phi) is 6.40. The molecular formula is C17H24FN3O3. The zero-order valence-electron chi connectivity index (χ0n) is 13.6. The normalized spacial score (nSPS) is 15.0. The minimum absolute atomic E-state index is 0.0334. The molecule has 0 aromatic heterocycles. The van der Waals surface area contributed by atoms with E-state index < -0.39 is 17.7 Å². The maximum absolute atomic E-state index is 14.3. The second kappa shape index (κ2) is 8.52. The van der Waals surface area contributed by atoms with Gasteiger partial charge in [0.1, 0.15) is 5.82 Å². The Morgan fingerprint density at radius 3 is 2.62 bits per heavy atom. The van der Waals surface area contributed by atoms with Crippen molar-refractivity contribution < 1.29 is 19.1 Å². The van der Waals surface area contributed by atoms with Crippen LogP contribution in [0, 0.1) is 5.82 Å². The SMILES string of the molecule is Nc1cc(NC2CCCCC2)c(F)cc1C(=O)NCCCC(=O)O. The van der Waals surface area contributed by atoms with Crippen molar-refractivity contribution in [2.75, 3.05) is 17.6 Å². The number of aliphatic carboxylic acids is 1. The van der Waals surface area contributed by atoms with Gasteiger partial charge in [-0.3, -0.25) is 9.59 Å². The number of carboxylic acids is 1. The minimum atomic E-state index is -0.923. The summed E-state index contributed by atoms with van der Waals surface area (Å²) in [5.41, 5.74) is 6.47. The summed E-state index contributed by atoms with van der Waals surface area (Å²) in [6.07, 6.45) is 5.76. The second-order valence-corrected chi connectivity index (χ2v) is 6.15. The summed E-state index contributed by atoms with van der Waals surface area (Å²) in [5.74, 6) is -1.93. The first-order chi connectivity index (χ1) is 11.5. The number of carboxylic acid groups (broad SMARTS) is 1. The molecule has 0 atom stereocenters. The van der Waals surface area contributed by atoms with Gasteiger partial charge in [-0.15, -0.1) is 0 Å². The molecule has 1 saturated carbocycles. The molecule has 7 heteroatoms. The number of nitrogens with two attached hydrogens (primary N) is 1. The van der Waals surface area contributed by atoms with Crippen molar-refractivity contribution in [2.24, 2.45) is 0 Å². The summed E-state index contributed by atoms with van der Waals surface area (Å²) in [5, 5.41) is 14.3. The Hall–Kier alpha value is -2.31. The number of nitrogens with one attached hydrogen (secondary N) is 2. The molecule has 1 aliphatic carbocycles. The lowest BCUT2D eigenvalue weighted by Gasteiger charge is -2.24. The van der Waals surface area contributed by atoms with Gasteiger partial charge in [0, 0.05) is 24.7 Å². The number of rotatable bonds is 7. The van der Waals surface area contributed by atoms with Crippen LogP contribution in [0.25, 0.3) is 0 Å². The third-order valence-corrected chi connectivity index (χ3v) is 4.20. The predicted molar refractivity (Wildman–Crippen MR) is 90.5 cm³/mol. The van der Waals surface area contributed by atoms with Crippen LogP contribution in [0.4, 0.5) is 15.8 Å². The largest absolute Gasteiger partial charge is 0.481 e. The van der Waals surface area contributed by atoms with Crippen LogP contribution in [-0.4, -0.2) is 29.6 Å². The fourth-order valence-corrected chi connectivity index (χ4v) is 2.90. The number of carbonyl (C=O) groups is 2. The van der Waals surface area contributed by atoms with Gasteiger partial charge in [-0.05, 0) is 31.4 Å². The van der Waals surface area contributed by atoms with Crippen molar-refractivity contribution in [3.05, 3.63) is 23.5 Å². The molecule has 0 unspecified atom stereocenters. The fraction of sp³-hybridized carbons (Fsp3) is 0.529. The van der Waals surface area contributed by atoms with Gasteiger partial charge in [0.05, 0.1) is 11.3 Å².